The number of aromatic nitrogens is 1. The fourth-order valence-electron chi connectivity index (χ4n) is 3.29. The highest BCUT2D eigenvalue weighted by Gasteiger charge is 2.20. The minimum absolute atomic E-state index is 0.0798. The molecule has 0 saturated heterocycles. The number of hydrogen-bond acceptors (Lipinski definition) is 5. The molecular weight excluding hydrogens is 429 g/mol. The van der Waals surface area contributed by atoms with Gasteiger partial charge in [0, 0.05) is 24.4 Å². The Kier molecular flexibility index (Phi) is 8.87. The number of thioether (sulfide) groups is 1. The van der Waals surface area contributed by atoms with E-state index in [0.29, 0.717) is 18.1 Å². The fraction of sp³-hybridized carbons (Fsp3) is 0.417. The third kappa shape index (κ3) is 6.76. The zero-order chi connectivity index (χ0) is 22.2. The van der Waals surface area contributed by atoms with Gasteiger partial charge in [0.05, 0.1) is 10.2 Å². The predicted molar refractivity (Wildman–Crippen MR) is 131 cm³/mol. The van der Waals surface area contributed by atoms with Crippen LogP contribution in [0.2, 0.25) is 0 Å². The zero-order valence-electron chi connectivity index (χ0n) is 18.4. The summed E-state index contributed by atoms with van der Waals surface area (Å²) in [4.78, 5) is 23.1. The number of nitrogens with zero attached hydrogens (tertiary/aromatic N) is 3. The first-order valence-electron chi connectivity index (χ1n) is 10.8. The molecule has 0 bridgehead atoms. The van der Waals surface area contributed by atoms with E-state index in [4.69, 9.17) is 0 Å². The summed E-state index contributed by atoms with van der Waals surface area (Å²) in [5.41, 5.74) is 1.98. The first-order chi connectivity index (χ1) is 15.0. The molecule has 0 atom stereocenters. The van der Waals surface area contributed by atoms with Crippen molar-refractivity contribution in [3.63, 3.8) is 0 Å². The van der Waals surface area contributed by atoms with E-state index >= 15 is 0 Å². The number of amides is 1. The van der Waals surface area contributed by atoms with E-state index in [-0.39, 0.29) is 11.7 Å². The molecule has 0 saturated carbocycles. The minimum Gasteiger partial charge on any atom is -0.302 e. The van der Waals surface area contributed by atoms with E-state index in [1.165, 1.54) is 33.9 Å². The highest BCUT2D eigenvalue weighted by Crippen LogP contribution is 2.30. The maximum Gasteiger partial charge on any atom is 0.228 e. The van der Waals surface area contributed by atoms with E-state index in [9.17, 15) is 9.18 Å². The Balaban J connectivity index is 1.65. The molecule has 7 heteroatoms. The van der Waals surface area contributed by atoms with Gasteiger partial charge in [-0.3, -0.25) is 9.69 Å². The molecule has 0 aliphatic carbocycles. The minimum atomic E-state index is -0.281. The lowest BCUT2D eigenvalue weighted by atomic mass is 10.2. The zero-order valence-corrected chi connectivity index (χ0v) is 20.1. The number of benzene rings is 2. The topological polar surface area (TPSA) is 36.4 Å². The second-order valence-electron chi connectivity index (χ2n) is 7.45. The number of hydrogen-bond donors (Lipinski definition) is 0. The molecule has 4 nitrogen and oxygen atoms in total. The molecule has 3 aromatic rings. The lowest BCUT2D eigenvalue weighted by molar-refractivity contribution is -0.118. The van der Waals surface area contributed by atoms with Crippen LogP contribution in [0.25, 0.3) is 10.2 Å². The molecule has 1 aromatic heterocycles. The van der Waals surface area contributed by atoms with Gasteiger partial charge in [-0.05, 0) is 62.5 Å². The number of carbonyl (C=O) groups is 1. The molecule has 1 amide bonds. The summed E-state index contributed by atoms with van der Waals surface area (Å²) < 4.78 is 14.4. The van der Waals surface area contributed by atoms with E-state index in [1.807, 2.05) is 0 Å². The van der Waals surface area contributed by atoms with E-state index in [1.54, 1.807) is 22.7 Å². The molecule has 0 radical (unpaired) electrons. The number of aryl methyl sites for hydroxylation is 1. The average Bonchev–Trinajstić information content (AvgIpc) is 3.18. The van der Waals surface area contributed by atoms with Gasteiger partial charge in [0.25, 0.3) is 0 Å². The fourth-order valence-corrected chi connectivity index (χ4v) is 5.18. The van der Waals surface area contributed by atoms with Gasteiger partial charge in [0.1, 0.15) is 5.82 Å². The summed E-state index contributed by atoms with van der Waals surface area (Å²) in [6.07, 6.45) is 1.28. The van der Waals surface area contributed by atoms with Crippen molar-refractivity contribution in [3.05, 3.63) is 53.8 Å². The molecule has 166 valence electrons. The van der Waals surface area contributed by atoms with Crippen LogP contribution in [-0.2, 0) is 4.79 Å². The van der Waals surface area contributed by atoms with Crippen LogP contribution in [0.1, 0.15) is 32.3 Å². The molecule has 0 aliphatic heterocycles. The Morgan fingerprint density at radius 1 is 1.10 bits per heavy atom. The average molecular weight is 460 g/mol. The lowest BCUT2D eigenvalue weighted by Crippen LogP contribution is -2.38. The Morgan fingerprint density at radius 3 is 2.55 bits per heavy atom. The largest absolute Gasteiger partial charge is 0.302 e. The van der Waals surface area contributed by atoms with Crippen molar-refractivity contribution in [1.82, 2.24) is 9.88 Å². The van der Waals surface area contributed by atoms with Gasteiger partial charge in [-0.1, -0.05) is 42.9 Å². The molecule has 31 heavy (non-hydrogen) atoms. The molecule has 0 N–H and O–H groups in total. The van der Waals surface area contributed by atoms with Gasteiger partial charge < -0.3 is 4.90 Å². The molecule has 0 fully saturated rings. The van der Waals surface area contributed by atoms with Gasteiger partial charge in [0.15, 0.2) is 5.13 Å². The summed E-state index contributed by atoms with van der Waals surface area (Å²) in [5, 5.41) is 0.656. The second kappa shape index (κ2) is 11.6. The van der Waals surface area contributed by atoms with Crippen LogP contribution < -0.4 is 4.90 Å². The Hall–Kier alpha value is -1.96. The third-order valence-corrected chi connectivity index (χ3v) is 7.37. The smallest absolute Gasteiger partial charge is 0.228 e. The maximum absolute atomic E-state index is 13.6. The molecule has 0 aliphatic rings. The molecule has 0 spiro atoms. The summed E-state index contributed by atoms with van der Waals surface area (Å²) in [6, 6.07) is 13.0. The summed E-state index contributed by atoms with van der Waals surface area (Å²) in [6.45, 7) is 9.59. The number of likely N-dealkylation sites (N-methyl/N-ethyl adjacent to an activating group) is 1. The number of fused-ring (bicyclic) bond motifs is 1. The standard InChI is InChI=1S/C24H30FN3OS2/c1-4-27(5-2)14-15-28(24-26-21-13-10-19(25)17-22(21)31-24)23(29)7-6-16-30-20-11-8-18(3)9-12-20/h8-13,17H,4-7,14-16H2,1-3H3. The normalized spacial score (nSPS) is 11.4. The van der Waals surface area contributed by atoms with Crippen LogP contribution in [0.15, 0.2) is 47.4 Å². The van der Waals surface area contributed by atoms with Crippen molar-refractivity contribution in [3.8, 4) is 0 Å². The Bertz CT molecular complexity index is 986. The number of thiazole rings is 1. The predicted octanol–water partition coefficient (Wildman–Crippen LogP) is 5.99. The first-order valence-corrected chi connectivity index (χ1v) is 12.6. The summed E-state index contributed by atoms with van der Waals surface area (Å²) in [5.74, 6) is 0.692. The second-order valence-corrected chi connectivity index (χ2v) is 9.62. The lowest BCUT2D eigenvalue weighted by Gasteiger charge is -2.24. The van der Waals surface area contributed by atoms with Crippen LogP contribution in [-0.4, -0.2) is 47.7 Å². The summed E-state index contributed by atoms with van der Waals surface area (Å²) in [7, 11) is 0. The van der Waals surface area contributed by atoms with Gasteiger partial charge >= 0.3 is 0 Å². The van der Waals surface area contributed by atoms with Crippen LogP contribution in [0.5, 0.6) is 0 Å². The first kappa shape index (κ1) is 23.7. The van der Waals surface area contributed by atoms with Crippen molar-refractivity contribution >= 4 is 44.4 Å². The van der Waals surface area contributed by atoms with Crippen molar-refractivity contribution in [1.29, 1.82) is 0 Å². The van der Waals surface area contributed by atoms with Gasteiger partial charge in [-0.2, -0.15) is 0 Å². The SMILES string of the molecule is CCN(CC)CCN(C(=O)CCCSc1ccc(C)cc1)c1nc2ccc(F)cc2s1. The quantitative estimate of drug-likeness (QED) is 0.261. The van der Waals surface area contributed by atoms with E-state index in [2.05, 4.69) is 54.9 Å². The third-order valence-electron chi connectivity index (χ3n) is 5.23. The van der Waals surface area contributed by atoms with Crippen LogP contribution >= 0.6 is 23.1 Å². The molecule has 3 rings (SSSR count). The number of anilines is 1. The van der Waals surface area contributed by atoms with Crippen molar-refractivity contribution in [2.24, 2.45) is 0 Å². The Morgan fingerprint density at radius 2 is 1.84 bits per heavy atom. The van der Waals surface area contributed by atoms with Crippen LogP contribution in [0.4, 0.5) is 9.52 Å². The molecular formula is C24H30FN3OS2. The van der Waals surface area contributed by atoms with Gasteiger partial charge in [0.2, 0.25) is 5.91 Å². The molecule has 0 unspecified atom stereocenters. The number of rotatable bonds is 11. The Labute approximate surface area is 192 Å². The van der Waals surface area contributed by atoms with Crippen LogP contribution in [0, 0.1) is 12.7 Å². The van der Waals surface area contributed by atoms with Crippen LogP contribution in [0.3, 0.4) is 0 Å². The van der Waals surface area contributed by atoms with E-state index < -0.39 is 0 Å². The van der Waals surface area contributed by atoms with E-state index in [0.717, 1.165) is 42.0 Å². The van der Waals surface area contributed by atoms with Crippen molar-refractivity contribution < 1.29 is 9.18 Å². The van der Waals surface area contributed by atoms with Gasteiger partial charge in [-0.15, -0.1) is 11.8 Å². The number of carbonyl (C=O) groups excluding carboxylic acids is 1. The van der Waals surface area contributed by atoms with Crippen molar-refractivity contribution in [2.75, 3.05) is 36.8 Å². The summed E-state index contributed by atoms with van der Waals surface area (Å²) >= 11 is 3.16. The monoisotopic (exact) mass is 459 g/mol. The molecule has 2 aromatic carbocycles. The highest BCUT2D eigenvalue weighted by atomic mass is 32.2. The van der Waals surface area contributed by atoms with Crippen molar-refractivity contribution in [2.45, 2.75) is 38.5 Å². The molecule has 1 heterocycles. The highest BCUT2D eigenvalue weighted by molar-refractivity contribution is 7.99. The number of halogens is 1. The maximum atomic E-state index is 13.6. The van der Waals surface area contributed by atoms with Gasteiger partial charge in [-0.25, -0.2) is 9.37 Å².